The highest BCUT2D eigenvalue weighted by Gasteiger charge is 2.13. The molecular formula is C9H9BrClNO4S. The number of benzene rings is 1. The second-order valence-electron chi connectivity index (χ2n) is 3.30. The first-order chi connectivity index (χ1) is 7.69. The Hall–Kier alpha value is -0.790. The van der Waals surface area contributed by atoms with E-state index in [2.05, 4.69) is 15.9 Å². The predicted octanol–water partition coefficient (Wildman–Crippen LogP) is 2.64. The Morgan fingerprint density at radius 2 is 1.82 bits per heavy atom. The lowest BCUT2D eigenvalue weighted by atomic mass is 10.1. The number of amides is 1. The summed E-state index contributed by atoms with van der Waals surface area (Å²) in [5.74, 6) is 0.237. The average Bonchev–Trinajstić information content (AvgIpc) is 2.10. The number of rotatable bonds is 2. The summed E-state index contributed by atoms with van der Waals surface area (Å²) in [7, 11) is 0.701. The molecule has 17 heavy (non-hydrogen) atoms. The number of carbonyl (C=O) groups is 1. The van der Waals surface area contributed by atoms with Crippen LogP contribution in [0.3, 0.4) is 0 Å². The predicted molar refractivity (Wildman–Crippen MR) is 67.5 cm³/mol. The van der Waals surface area contributed by atoms with Crippen molar-refractivity contribution in [3.8, 4) is 5.75 Å². The number of nitrogens with one attached hydrogen (secondary N) is 1. The average molecular weight is 343 g/mol. The first-order valence-corrected chi connectivity index (χ1v) is 7.50. The zero-order valence-corrected chi connectivity index (χ0v) is 12.1. The molecule has 5 nitrogen and oxygen atoms in total. The second-order valence-corrected chi connectivity index (χ2v) is 6.39. The van der Waals surface area contributed by atoms with Gasteiger partial charge in [-0.3, -0.25) is 0 Å². The Labute approximate surface area is 112 Å². The number of halogens is 2. The SMILES string of the molecule is Cc1cc(OC(=O)NS(=O)(=O)Cl)cc(C)c1Br. The number of aryl methyl sites for hydroxylation is 2. The third-order valence-electron chi connectivity index (χ3n) is 1.83. The highest BCUT2D eigenvalue weighted by Crippen LogP contribution is 2.26. The Balaban J connectivity index is 2.86. The first kappa shape index (κ1) is 14.3. The van der Waals surface area contributed by atoms with Crippen molar-refractivity contribution in [3.63, 3.8) is 0 Å². The molecule has 0 heterocycles. The Kier molecular flexibility index (Phi) is 4.40. The first-order valence-electron chi connectivity index (χ1n) is 4.40. The number of hydrogen-bond donors (Lipinski definition) is 1. The molecule has 1 rings (SSSR count). The van der Waals surface area contributed by atoms with Gasteiger partial charge in [-0.05, 0) is 37.1 Å². The normalized spacial score (nSPS) is 11.1. The van der Waals surface area contributed by atoms with E-state index in [1.54, 1.807) is 12.1 Å². The minimum Gasteiger partial charge on any atom is -0.410 e. The molecule has 0 saturated heterocycles. The van der Waals surface area contributed by atoms with E-state index in [1.165, 1.54) is 4.72 Å². The van der Waals surface area contributed by atoms with Gasteiger partial charge in [-0.25, -0.2) is 9.52 Å². The monoisotopic (exact) mass is 341 g/mol. The topological polar surface area (TPSA) is 72.5 Å². The van der Waals surface area contributed by atoms with Gasteiger partial charge < -0.3 is 4.74 Å². The molecule has 1 aromatic carbocycles. The Morgan fingerprint density at radius 3 is 2.24 bits per heavy atom. The zero-order chi connectivity index (χ0) is 13.2. The molecule has 94 valence electrons. The van der Waals surface area contributed by atoms with Crippen molar-refractivity contribution in [2.45, 2.75) is 13.8 Å². The van der Waals surface area contributed by atoms with E-state index in [4.69, 9.17) is 15.4 Å². The molecule has 0 saturated carbocycles. The minimum absolute atomic E-state index is 0.237. The molecule has 0 aromatic heterocycles. The lowest BCUT2D eigenvalue weighted by Crippen LogP contribution is -2.29. The highest BCUT2D eigenvalue weighted by molar-refractivity contribution is 9.10. The summed E-state index contributed by atoms with van der Waals surface area (Å²) in [6.07, 6.45) is -1.15. The largest absolute Gasteiger partial charge is 0.427 e. The van der Waals surface area contributed by atoms with Crippen molar-refractivity contribution in [2.75, 3.05) is 0 Å². The summed E-state index contributed by atoms with van der Waals surface area (Å²) in [5, 5.41) is 0. The molecule has 0 aliphatic carbocycles. The molecule has 0 fully saturated rings. The van der Waals surface area contributed by atoms with Crippen LogP contribution in [0.2, 0.25) is 0 Å². The molecule has 1 N–H and O–H groups in total. The van der Waals surface area contributed by atoms with E-state index in [9.17, 15) is 13.2 Å². The minimum atomic E-state index is -4.13. The van der Waals surface area contributed by atoms with Gasteiger partial charge in [0.05, 0.1) is 0 Å². The van der Waals surface area contributed by atoms with Crippen molar-refractivity contribution >= 4 is 41.9 Å². The molecule has 0 atom stereocenters. The summed E-state index contributed by atoms with van der Waals surface area (Å²) in [6.45, 7) is 3.64. The van der Waals surface area contributed by atoms with Gasteiger partial charge in [0.1, 0.15) is 5.75 Å². The van der Waals surface area contributed by atoms with Gasteiger partial charge in [0.25, 0.3) is 0 Å². The van der Waals surface area contributed by atoms with E-state index in [0.29, 0.717) is 0 Å². The Bertz CT molecular complexity index is 535. The summed E-state index contributed by atoms with van der Waals surface area (Å²) < 4.78 is 28.3. The zero-order valence-electron chi connectivity index (χ0n) is 8.95. The Morgan fingerprint density at radius 1 is 1.35 bits per heavy atom. The van der Waals surface area contributed by atoms with Crippen LogP contribution in [-0.2, 0) is 9.24 Å². The van der Waals surface area contributed by atoms with E-state index >= 15 is 0 Å². The summed E-state index contributed by atoms with van der Waals surface area (Å²) in [4.78, 5) is 11.1. The maximum absolute atomic E-state index is 11.1. The van der Waals surface area contributed by atoms with Crippen LogP contribution in [0.1, 0.15) is 11.1 Å². The fourth-order valence-electron chi connectivity index (χ4n) is 1.19. The van der Waals surface area contributed by atoms with Crippen molar-refractivity contribution in [3.05, 3.63) is 27.7 Å². The van der Waals surface area contributed by atoms with Crippen LogP contribution in [-0.4, -0.2) is 14.5 Å². The fourth-order valence-corrected chi connectivity index (χ4v) is 1.85. The van der Waals surface area contributed by atoms with Crippen LogP contribution in [0, 0.1) is 13.8 Å². The van der Waals surface area contributed by atoms with Gasteiger partial charge >= 0.3 is 15.3 Å². The summed E-state index contributed by atoms with van der Waals surface area (Å²) in [6, 6.07) is 3.19. The molecule has 0 spiro atoms. The molecule has 0 unspecified atom stereocenters. The summed E-state index contributed by atoms with van der Waals surface area (Å²) >= 11 is 3.36. The molecule has 8 heteroatoms. The third kappa shape index (κ3) is 4.53. The number of carbonyl (C=O) groups excluding carboxylic acids is 1. The van der Waals surface area contributed by atoms with Crippen molar-refractivity contribution < 1.29 is 17.9 Å². The van der Waals surface area contributed by atoms with Gasteiger partial charge in [0.2, 0.25) is 0 Å². The molecular weight excluding hydrogens is 334 g/mol. The smallest absolute Gasteiger partial charge is 0.410 e. The lowest BCUT2D eigenvalue weighted by molar-refractivity contribution is 0.207. The van der Waals surface area contributed by atoms with E-state index in [-0.39, 0.29) is 5.75 Å². The van der Waals surface area contributed by atoms with Crippen LogP contribution in [0.4, 0.5) is 4.79 Å². The number of ether oxygens (including phenoxy) is 1. The molecule has 0 bridgehead atoms. The highest BCUT2D eigenvalue weighted by atomic mass is 79.9. The molecule has 0 aliphatic heterocycles. The quantitative estimate of drug-likeness (QED) is 0.839. The van der Waals surface area contributed by atoms with Gasteiger partial charge in [-0.1, -0.05) is 15.9 Å². The van der Waals surface area contributed by atoms with Crippen molar-refractivity contribution in [2.24, 2.45) is 0 Å². The van der Waals surface area contributed by atoms with Crippen LogP contribution >= 0.6 is 26.6 Å². The van der Waals surface area contributed by atoms with Crippen molar-refractivity contribution in [1.82, 2.24) is 4.72 Å². The molecule has 1 aromatic rings. The molecule has 0 radical (unpaired) electrons. The van der Waals surface area contributed by atoms with Gasteiger partial charge in [0, 0.05) is 15.2 Å². The van der Waals surface area contributed by atoms with Gasteiger partial charge in [-0.2, -0.15) is 8.42 Å². The van der Waals surface area contributed by atoms with E-state index in [1.807, 2.05) is 13.8 Å². The van der Waals surface area contributed by atoms with Gasteiger partial charge in [-0.15, -0.1) is 0 Å². The van der Waals surface area contributed by atoms with Crippen LogP contribution < -0.4 is 9.46 Å². The van der Waals surface area contributed by atoms with Crippen LogP contribution in [0.25, 0.3) is 0 Å². The van der Waals surface area contributed by atoms with Crippen LogP contribution in [0.15, 0.2) is 16.6 Å². The molecule has 1 amide bonds. The lowest BCUT2D eigenvalue weighted by Gasteiger charge is -2.08. The number of hydrogen-bond acceptors (Lipinski definition) is 4. The van der Waals surface area contributed by atoms with Crippen molar-refractivity contribution in [1.29, 1.82) is 0 Å². The van der Waals surface area contributed by atoms with E-state index < -0.39 is 15.3 Å². The third-order valence-corrected chi connectivity index (χ3v) is 3.72. The maximum Gasteiger partial charge on any atom is 0.427 e. The van der Waals surface area contributed by atoms with Crippen LogP contribution in [0.5, 0.6) is 5.75 Å². The molecule has 0 aliphatic rings. The maximum atomic E-state index is 11.1. The fraction of sp³-hybridized carbons (Fsp3) is 0.222. The van der Waals surface area contributed by atoms with E-state index in [0.717, 1.165) is 15.6 Å². The summed E-state index contributed by atoms with van der Waals surface area (Å²) in [5.41, 5.74) is 1.73. The van der Waals surface area contributed by atoms with Gasteiger partial charge in [0.15, 0.2) is 0 Å². The second kappa shape index (κ2) is 5.24. The standard InChI is InChI=1S/C9H9BrClNO4S/c1-5-3-7(4-6(2)8(5)10)16-9(13)12-17(11,14)15/h3-4H,1-2H3,(H,12,13).